The minimum atomic E-state index is -1.06. The van der Waals surface area contributed by atoms with Crippen LogP contribution in [0, 0.1) is 6.92 Å². The Kier molecular flexibility index (Phi) is 6.43. The summed E-state index contributed by atoms with van der Waals surface area (Å²) in [5, 5.41) is 10.1. The first-order valence-corrected chi connectivity index (χ1v) is 10.8. The lowest BCUT2D eigenvalue weighted by molar-refractivity contribution is -0.113. The fraction of sp³-hybridized carbons (Fsp3) is 0.111. The van der Waals surface area contributed by atoms with Gasteiger partial charge in [-0.1, -0.05) is 35.9 Å². The summed E-state index contributed by atoms with van der Waals surface area (Å²) in [7, 11) is 3.11. The minimum absolute atomic E-state index is 0.0983. The number of aromatic carboxylic acids is 1. The SMILES string of the molecule is COc1ccc(/C=C2\C=C(c3ccc(Cl)cc3)N(c3cc(C(=O)O)ccc3C)C2=O)cc1OC. The molecule has 6 nitrogen and oxygen atoms in total. The smallest absolute Gasteiger partial charge is 0.335 e. The highest BCUT2D eigenvalue weighted by molar-refractivity contribution is 6.30. The van der Waals surface area contributed by atoms with Crippen molar-refractivity contribution in [3.8, 4) is 11.5 Å². The standard InChI is InChI=1S/C27H22ClNO5/c1-16-4-6-19(27(31)32)14-22(16)29-23(18-7-9-21(28)10-8-18)15-20(26(29)30)12-17-5-11-24(33-2)25(13-17)34-3/h4-15H,1-3H3,(H,31,32)/b20-12+. The average molecular weight is 476 g/mol. The number of carbonyl (C=O) groups is 2. The molecular formula is C27H22ClNO5. The molecule has 172 valence electrons. The number of methoxy groups -OCH3 is 2. The third kappa shape index (κ3) is 4.40. The molecule has 0 aliphatic carbocycles. The van der Waals surface area contributed by atoms with Crippen LogP contribution in [0.2, 0.25) is 5.02 Å². The summed E-state index contributed by atoms with van der Waals surface area (Å²) in [6.45, 7) is 1.84. The van der Waals surface area contributed by atoms with Gasteiger partial charge in [0.25, 0.3) is 5.91 Å². The topological polar surface area (TPSA) is 76.1 Å². The molecule has 3 aromatic carbocycles. The van der Waals surface area contributed by atoms with E-state index in [1.165, 1.54) is 17.0 Å². The van der Waals surface area contributed by atoms with Gasteiger partial charge in [-0.25, -0.2) is 4.79 Å². The van der Waals surface area contributed by atoms with Gasteiger partial charge in [0.2, 0.25) is 0 Å². The van der Waals surface area contributed by atoms with Crippen LogP contribution in [0.1, 0.15) is 27.0 Å². The molecule has 0 fully saturated rings. The fourth-order valence-corrected chi connectivity index (χ4v) is 3.92. The summed E-state index contributed by atoms with van der Waals surface area (Å²) in [5.74, 6) is -0.204. The predicted molar refractivity (Wildman–Crippen MR) is 133 cm³/mol. The maximum absolute atomic E-state index is 13.6. The number of amides is 1. The van der Waals surface area contributed by atoms with Gasteiger partial charge in [-0.05, 0) is 72.2 Å². The molecule has 1 aliphatic rings. The van der Waals surface area contributed by atoms with Crippen LogP contribution in [-0.4, -0.2) is 31.2 Å². The largest absolute Gasteiger partial charge is 0.493 e. The lowest BCUT2D eigenvalue weighted by Gasteiger charge is -2.23. The maximum atomic E-state index is 13.6. The second kappa shape index (κ2) is 9.45. The lowest BCUT2D eigenvalue weighted by Crippen LogP contribution is -2.26. The molecule has 0 atom stereocenters. The second-order valence-electron chi connectivity index (χ2n) is 7.70. The Morgan fingerprint density at radius 2 is 1.68 bits per heavy atom. The van der Waals surface area contributed by atoms with Crippen molar-refractivity contribution in [2.45, 2.75) is 6.92 Å². The maximum Gasteiger partial charge on any atom is 0.335 e. The summed E-state index contributed by atoms with van der Waals surface area (Å²) >= 11 is 6.07. The van der Waals surface area contributed by atoms with Gasteiger partial charge in [-0.15, -0.1) is 0 Å². The molecule has 3 aromatic rings. The third-order valence-electron chi connectivity index (χ3n) is 5.55. The molecule has 0 bridgehead atoms. The van der Waals surface area contributed by atoms with Gasteiger partial charge in [-0.2, -0.15) is 0 Å². The van der Waals surface area contributed by atoms with Gasteiger partial charge >= 0.3 is 5.97 Å². The minimum Gasteiger partial charge on any atom is -0.493 e. The number of ether oxygens (including phenoxy) is 2. The van der Waals surface area contributed by atoms with Crippen molar-refractivity contribution in [3.63, 3.8) is 0 Å². The number of halogens is 1. The molecule has 0 spiro atoms. The van der Waals surface area contributed by atoms with E-state index in [9.17, 15) is 14.7 Å². The number of aryl methyl sites for hydroxylation is 1. The zero-order chi connectivity index (χ0) is 24.4. The van der Waals surface area contributed by atoms with Crippen LogP contribution in [0.15, 0.2) is 72.3 Å². The molecule has 1 aliphatic heterocycles. The van der Waals surface area contributed by atoms with E-state index in [1.54, 1.807) is 56.7 Å². The molecule has 0 aromatic heterocycles. The van der Waals surface area contributed by atoms with E-state index >= 15 is 0 Å². The summed E-state index contributed by atoms with van der Waals surface area (Å²) < 4.78 is 10.7. The van der Waals surface area contributed by atoms with Crippen molar-refractivity contribution < 1.29 is 24.2 Å². The quantitative estimate of drug-likeness (QED) is 0.453. The van der Waals surface area contributed by atoms with Crippen LogP contribution in [-0.2, 0) is 4.79 Å². The Morgan fingerprint density at radius 3 is 2.32 bits per heavy atom. The summed E-state index contributed by atoms with van der Waals surface area (Å²) in [5.41, 5.74) is 3.96. The zero-order valence-corrected chi connectivity index (χ0v) is 19.6. The van der Waals surface area contributed by atoms with Crippen LogP contribution in [0.5, 0.6) is 11.5 Å². The number of carboxylic acid groups (broad SMARTS) is 1. The first-order chi connectivity index (χ1) is 16.3. The van der Waals surface area contributed by atoms with E-state index in [-0.39, 0.29) is 11.5 Å². The number of carbonyl (C=O) groups excluding carboxylic acids is 1. The number of rotatable bonds is 6. The monoisotopic (exact) mass is 475 g/mol. The van der Waals surface area contributed by atoms with Gasteiger partial charge < -0.3 is 14.6 Å². The van der Waals surface area contributed by atoms with Crippen molar-refractivity contribution in [1.29, 1.82) is 0 Å². The molecule has 1 amide bonds. The lowest BCUT2D eigenvalue weighted by atomic mass is 10.1. The van der Waals surface area contributed by atoms with Crippen molar-refractivity contribution in [2.75, 3.05) is 19.1 Å². The Bertz CT molecular complexity index is 1340. The molecule has 34 heavy (non-hydrogen) atoms. The molecule has 0 saturated heterocycles. The molecule has 0 saturated carbocycles. The van der Waals surface area contributed by atoms with Crippen LogP contribution in [0.25, 0.3) is 11.8 Å². The highest BCUT2D eigenvalue weighted by Crippen LogP contribution is 2.38. The normalized spacial score (nSPS) is 14.4. The van der Waals surface area contributed by atoms with E-state index in [0.29, 0.717) is 33.5 Å². The Balaban J connectivity index is 1.86. The second-order valence-corrected chi connectivity index (χ2v) is 8.13. The van der Waals surface area contributed by atoms with Crippen molar-refractivity contribution in [3.05, 3.63) is 99.6 Å². The molecular weight excluding hydrogens is 454 g/mol. The average Bonchev–Trinajstić information content (AvgIpc) is 3.15. The van der Waals surface area contributed by atoms with Crippen molar-refractivity contribution >= 4 is 40.9 Å². The number of carboxylic acids is 1. The molecule has 0 unspecified atom stereocenters. The third-order valence-corrected chi connectivity index (χ3v) is 5.80. The number of anilines is 1. The number of hydrogen-bond donors (Lipinski definition) is 1. The summed E-state index contributed by atoms with van der Waals surface area (Å²) in [4.78, 5) is 26.8. The van der Waals surface area contributed by atoms with E-state index in [0.717, 1.165) is 16.7 Å². The highest BCUT2D eigenvalue weighted by atomic mass is 35.5. The van der Waals surface area contributed by atoms with Crippen LogP contribution in [0.3, 0.4) is 0 Å². The number of benzene rings is 3. The molecule has 7 heteroatoms. The molecule has 1 heterocycles. The predicted octanol–water partition coefficient (Wildman–Crippen LogP) is 5.84. The van der Waals surface area contributed by atoms with Gasteiger partial charge in [0.05, 0.1) is 31.2 Å². The number of nitrogens with zero attached hydrogens (tertiary/aromatic N) is 1. The summed E-state index contributed by atoms with van der Waals surface area (Å²) in [6, 6.07) is 17.3. The van der Waals surface area contributed by atoms with Crippen LogP contribution >= 0.6 is 11.6 Å². The molecule has 1 N–H and O–H groups in total. The van der Waals surface area contributed by atoms with E-state index in [2.05, 4.69) is 0 Å². The van der Waals surface area contributed by atoms with Crippen LogP contribution in [0.4, 0.5) is 5.69 Å². The Labute approximate surface area is 202 Å². The molecule has 0 radical (unpaired) electrons. The Morgan fingerprint density at radius 1 is 0.971 bits per heavy atom. The van der Waals surface area contributed by atoms with E-state index in [1.807, 2.05) is 25.1 Å². The van der Waals surface area contributed by atoms with Crippen LogP contribution < -0.4 is 14.4 Å². The highest BCUT2D eigenvalue weighted by Gasteiger charge is 2.32. The van der Waals surface area contributed by atoms with E-state index in [4.69, 9.17) is 21.1 Å². The zero-order valence-electron chi connectivity index (χ0n) is 18.8. The molecule has 4 rings (SSSR count). The van der Waals surface area contributed by atoms with E-state index < -0.39 is 5.97 Å². The van der Waals surface area contributed by atoms with Gasteiger partial charge in [0.1, 0.15) is 0 Å². The van der Waals surface area contributed by atoms with Gasteiger partial charge in [0.15, 0.2) is 11.5 Å². The first kappa shape index (κ1) is 23.1. The van der Waals surface area contributed by atoms with Crippen molar-refractivity contribution in [1.82, 2.24) is 0 Å². The van der Waals surface area contributed by atoms with Gasteiger partial charge in [-0.3, -0.25) is 9.69 Å². The fourth-order valence-electron chi connectivity index (χ4n) is 3.79. The van der Waals surface area contributed by atoms with Crippen molar-refractivity contribution in [2.24, 2.45) is 0 Å². The van der Waals surface area contributed by atoms with Gasteiger partial charge in [0, 0.05) is 10.6 Å². The summed E-state index contributed by atoms with van der Waals surface area (Å²) in [6.07, 6.45) is 3.55. The number of hydrogen-bond acceptors (Lipinski definition) is 4. The first-order valence-electron chi connectivity index (χ1n) is 10.4. The Hall–Kier alpha value is -4.03.